The maximum atomic E-state index is 11.2. The van der Waals surface area contributed by atoms with Crippen molar-refractivity contribution >= 4 is 17.1 Å². The average Bonchev–Trinajstić information content (AvgIpc) is 2.40. The molecule has 0 spiro atoms. The Kier molecular flexibility index (Phi) is 4.14. The molecule has 0 aromatic heterocycles. The van der Waals surface area contributed by atoms with E-state index < -0.39 is 0 Å². The molecule has 2 rings (SSSR count). The van der Waals surface area contributed by atoms with Crippen LogP contribution in [0.4, 0.5) is 0 Å². The third kappa shape index (κ3) is 2.31. The van der Waals surface area contributed by atoms with Crippen LogP contribution in [0.2, 0.25) is 0 Å². The number of aryl methyl sites for hydroxylation is 2. The molecule has 0 radical (unpaired) electrons. The molecule has 0 aliphatic heterocycles. The summed E-state index contributed by atoms with van der Waals surface area (Å²) < 4.78 is 0. The van der Waals surface area contributed by atoms with Crippen molar-refractivity contribution in [3.63, 3.8) is 0 Å². The molecule has 94 valence electrons. The molecule has 0 atom stereocenters. The first kappa shape index (κ1) is 12.8. The van der Waals surface area contributed by atoms with Gasteiger partial charge in [-0.3, -0.25) is 4.79 Å². The van der Waals surface area contributed by atoms with Gasteiger partial charge in [-0.1, -0.05) is 57.0 Å². The van der Waals surface area contributed by atoms with Crippen LogP contribution >= 0.6 is 0 Å². The van der Waals surface area contributed by atoms with Crippen LogP contribution in [0.5, 0.6) is 0 Å². The van der Waals surface area contributed by atoms with E-state index in [-0.39, 0.29) is 0 Å². The minimum absolute atomic E-state index is 0.845. The van der Waals surface area contributed by atoms with Crippen molar-refractivity contribution in [2.24, 2.45) is 0 Å². The van der Waals surface area contributed by atoms with Crippen LogP contribution < -0.4 is 0 Å². The molecule has 2 aromatic carbocycles. The summed E-state index contributed by atoms with van der Waals surface area (Å²) in [6, 6.07) is 10.5. The molecule has 1 nitrogen and oxygen atoms in total. The van der Waals surface area contributed by atoms with Crippen molar-refractivity contribution in [1.29, 1.82) is 0 Å². The van der Waals surface area contributed by atoms with E-state index in [2.05, 4.69) is 38.1 Å². The molecule has 2 aromatic rings. The first-order valence-electron chi connectivity index (χ1n) is 6.80. The zero-order valence-corrected chi connectivity index (χ0v) is 11.2. The topological polar surface area (TPSA) is 17.1 Å². The summed E-state index contributed by atoms with van der Waals surface area (Å²) in [7, 11) is 0. The van der Waals surface area contributed by atoms with Gasteiger partial charge in [0.05, 0.1) is 0 Å². The lowest BCUT2D eigenvalue weighted by molar-refractivity contribution is 0.112. The molecule has 0 N–H and O–H groups in total. The molecule has 0 fully saturated rings. The summed E-state index contributed by atoms with van der Waals surface area (Å²) >= 11 is 0. The van der Waals surface area contributed by atoms with Gasteiger partial charge in [0, 0.05) is 5.56 Å². The Hall–Kier alpha value is -1.63. The quantitative estimate of drug-likeness (QED) is 0.700. The van der Waals surface area contributed by atoms with E-state index in [4.69, 9.17) is 0 Å². The number of rotatable bonds is 5. The van der Waals surface area contributed by atoms with Crippen LogP contribution in [-0.2, 0) is 12.8 Å². The van der Waals surface area contributed by atoms with Crippen molar-refractivity contribution in [2.75, 3.05) is 0 Å². The molecule has 0 bridgehead atoms. The highest BCUT2D eigenvalue weighted by atomic mass is 16.1. The molecule has 0 aliphatic rings. The Balaban J connectivity index is 2.68. The first-order chi connectivity index (χ1) is 8.81. The van der Waals surface area contributed by atoms with Gasteiger partial charge in [-0.25, -0.2) is 0 Å². The Morgan fingerprint density at radius 2 is 1.72 bits per heavy atom. The number of carbonyl (C=O) groups is 1. The number of benzene rings is 2. The van der Waals surface area contributed by atoms with Gasteiger partial charge in [0.25, 0.3) is 0 Å². The van der Waals surface area contributed by atoms with Gasteiger partial charge in [-0.05, 0) is 34.7 Å². The molecule has 18 heavy (non-hydrogen) atoms. The highest BCUT2D eigenvalue weighted by molar-refractivity contribution is 5.94. The SMILES string of the molecule is CCCc1cccc2c(CCC)c(C=O)ccc12. The number of fused-ring (bicyclic) bond motifs is 1. The molecule has 0 amide bonds. The van der Waals surface area contributed by atoms with E-state index in [1.54, 1.807) is 0 Å². The van der Waals surface area contributed by atoms with Crippen molar-refractivity contribution in [3.8, 4) is 0 Å². The van der Waals surface area contributed by atoms with Gasteiger partial charge >= 0.3 is 0 Å². The standard InChI is InChI=1S/C17H20O/c1-3-6-13-8-5-9-17-15(7-4-2)14(12-18)10-11-16(13)17/h5,8-12H,3-4,6-7H2,1-2H3. The number of hydrogen-bond acceptors (Lipinski definition) is 1. The van der Waals surface area contributed by atoms with Gasteiger partial charge in [-0.15, -0.1) is 0 Å². The molecule has 0 saturated heterocycles. The molecular weight excluding hydrogens is 220 g/mol. The normalized spacial score (nSPS) is 10.8. The minimum atomic E-state index is 0.845. The van der Waals surface area contributed by atoms with Crippen molar-refractivity contribution in [2.45, 2.75) is 39.5 Å². The van der Waals surface area contributed by atoms with Gasteiger partial charge in [0.15, 0.2) is 0 Å². The lowest BCUT2D eigenvalue weighted by Gasteiger charge is -2.11. The molecule has 0 aliphatic carbocycles. The van der Waals surface area contributed by atoms with Crippen molar-refractivity contribution < 1.29 is 4.79 Å². The predicted octanol–water partition coefficient (Wildman–Crippen LogP) is 4.56. The third-order valence-electron chi connectivity index (χ3n) is 3.45. The summed E-state index contributed by atoms with van der Waals surface area (Å²) in [6.45, 7) is 4.36. The Labute approximate surface area is 109 Å². The second kappa shape index (κ2) is 5.81. The van der Waals surface area contributed by atoms with Gasteiger partial charge < -0.3 is 0 Å². The van der Waals surface area contributed by atoms with Crippen LogP contribution in [0.25, 0.3) is 10.8 Å². The molecule has 0 unspecified atom stereocenters. The smallest absolute Gasteiger partial charge is 0.150 e. The minimum Gasteiger partial charge on any atom is -0.298 e. The fourth-order valence-corrected chi connectivity index (χ4v) is 2.63. The van der Waals surface area contributed by atoms with E-state index in [0.29, 0.717) is 0 Å². The lowest BCUT2D eigenvalue weighted by Crippen LogP contribution is -1.96. The van der Waals surface area contributed by atoms with E-state index >= 15 is 0 Å². The largest absolute Gasteiger partial charge is 0.298 e. The highest BCUT2D eigenvalue weighted by Gasteiger charge is 2.08. The second-order valence-electron chi connectivity index (χ2n) is 4.76. The third-order valence-corrected chi connectivity index (χ3v) is 3.45. The van der Waals surface area contributed by atoms with Crippen molar-refractivity contribution in [3.05, 3.63) is 47.0 Å². The molecule has 1 heteroatoms. The summed E-state index contributed by atoms with van der Waals surface area (Å²) in [5.74, 6) is 0. The second-order valence-corrected chi connectivity index (χ2v) is 4.76. The summed E-state index contributed by atoms with van der Waals surface area (Å²) in [6.07, 6.45) is 5.27. The average molecular weight is 240 g/mol. The zero-order chi connectivity index (χ0) is 13.0. The Morgan fingerprint density at radius 3 is 2.39 bits per heavy atom. The first-order valence-corrected chi connectivity index (χ1v) is 6.80. The Morgan fingerprint density at radius 1 is 0.944 bits per heavy atom. The predicted molar refractivity (Wildman–Crippen MR) is 77.3 cm³/mol. The van der Waals surface area contributed by atoms with Gasteiger partial charge in [0.1, 0.15) is 6.29 Å². The summed E-state index contributed by atoms with van der Waals surface area (Å²) in [5.41, 5.74) is 3.45. The van der Waals surface area contributed by atoms with Crippen LogP contribution in [-0.4, -0.2) is 6.29 Å². The van der Waals surface area contributed by atoms with Gasteiger partial charge in [-0.2, -0.15) is 0 Å². The fraction of sp³-hybridized carbons (Fsp3) is 0.353. The van der Waals surface area contributed by atoms with E-state index in [1.165, 1.54) is 21.9 Å². The zero-order valence-electron chi connectivity index (χ0n) is 11.2. The van der Waals surface area contributed by atoms with E-state index in [1.807, 2.05) is 6.07 Å². The lowest BCUT2D eigenvalue weighted by atomic mass is 9.92. The number of hydrogen-bond donors (Lipinski definition) is 0. The monoisotopic (exact) mass is 240 g/mol. The number of carbonyl (C=O) groups excluding carboxylic acids is 1. The summed E-state index contributed by atoms with van der Waals surface area (Å²) in [5, 5.41) is 2.57. The highest BCUT2D eigenvalue weighted by Crippen LogP contribution is 2.26. The van der Waals surface area contributed by atoms with Crippen LogP contribution in [0, 0.1) is 0 Å². The van der Waals surface area contributed by atoms with Crippen LogP contribution in [0.1, 0.15) is 48.2 Å². The van der Waals surface area contributed by atoms with Crippen LogP contribution in [0.3, 0.4) is 0 Å². The van der Waals surface area contributed by atoms with E-state index in [0.717, 1.165) is 37.5 Å². The molecule has 0 saturated carbocycles. The van der Waals surface area contributed by atoms with Crippen LogP contribution in [0.15, 0.2) is 30.3 Å². The summed E-state index contributed by atoms with van der Waals surface area (Å²) in [4.78, 5) is 11.2. The Bertz CT molecular complexity index is 555. The molecule has 0 heterocycles. The molecular formula is C17H20O. The number of aldehydes is 1. The van der Waals surface area contributed by atoms with Gasteiger partial charge in [0.2, 0.25) is 0 Å². The maximum absolute atomic E-state index is 11.2. The van der Waals surface area contributed by atoms with E-state index in [9.17, 15) is 4.79 Å². The fourth-order valence-electron chi connectivity index (χ4n) is 2.63. The van der Waals surface area contributed by atoms with Crippen molar-refractivity contribution in [1.82, 2.24) is 0 Å². The maximum Gasteiger partial charge on any atom is 0.150 e.